The number of rotatable bonds is 13. The van der Waals surface area contributed by atoms with Crippen LogP contribution in [0.5, 0.6) is 0 Å². The average Bonchev–Trinajstić information content (AvgIpc) is 2.41. The molecule has 0 aliphatic rings. The van der Waals surface area contributed by atoms with Crippen molar-refractivity contribution >= 4 is 24.1 Å². The second-order valence-corrected chi connectivity index (χ2v) is 4.94. The summed E-state index contributed by atoms with van der Waals surface area (Å²) in [5.74, 6) is -2.09. The Morgan fingerprint density at radius 2 is 1.67 bits per heavy atom. The van der Waals surface area contributed by atoms with Crippen LogP contribution in [-0.2, 0) is 19.2 Å². The van der Waals surface area contributed by atoms with E-state index in [0.717, 1.165) is 32.0 Å². The van der Waals surface area contributed by atoms with Crippen LogP contribution in [0.25, 0.3) is 0 Å². The van der Waals surface area contributed by atoms with Crippen LogP contribution in [-0.4, -0.2) is 35.2 Å². The topological polar surface area (TPSA) is 127 Å². The van der Waals surface area contributed by atoms with Gasteiger partial charge in [-0.1, -0.05) is 19.3 Å². The van der Waals surface area contributed by atoms with E-state index in [1.54, 1.807) is 0 Å². The molecule has 0 aromatic heterocycles. The van der Waals surface area contributed by atoms with Gasteiger partial charge in [0.2, 0.25) is 11.8 Å². The largest absolute Gasteiger partial charge is 0.480 e. The van der Waals surface area contributed by atoms with Crippen LogP contribution in [0.3, 0.4) is 0 Å². The molecule has 0 rings (SSSR count). The number of carbonyl (C=O) groups excluding carboxylic acids is 3. The van der Waals surface area contributed by atoms with Gasteiger partial charge in [-0.25, -0.2) is 4.79 Å². The lowest BCUT2D eigenvalue weighted by Gasteiger charge is -2.13. The third-order valence-electron chi connectivity index (χ3n) is 3.04. The molecule has 0 aliphatic carbocycles. The number of aldehydes is 1. The molecule has 0 fully saturated rings. The maximum absolute atomic E-state index is 11.6. The van der Waals surface area contributed by atoms with Crippen molar-refractivity contribution in [3.63, 3.8) is 0 Å². The minimum absolute atomic E-state index is 0.00209. The van der Waals surface area contributed by atoms with Gasteiger partial charge in [-0.15, -0.1) is 0 Å². The van der Waals surface area contributed by atoms with Crippen LogP contribution < -0.4 is 11.1 Å². The zero-order chi connectivity index (χ0) is 16.1. The lowest BCUT2D eigenvalue weighted by atomic mass is 10.1. The average molecular weight is 300 g/mol. The highest BCUT2D eigenvalue weighted by molar-refractivity contribution is 5.84. The number of primary amides is 1. The first-order valence-corrected chi connectivity index (χ1v) is 7.21. The van der Waals surface area contributed by atoms with Crippen LogP contribution in [0.4, 0.5) is 0 Å². The Balaban J connectivity index is 3.80. The number of carboxylic acid groups (broad SMARTS) is 1. The molecule has 0 unspecified atom stereocenters. The van der Waals surface area contributed by atoms with Crippen LogP contribution in [0.2, 0.25) is 0 Å². The summed E-state index contributed by atoms with van der Waals surface area (Å²) >= 11 is 0. The highest BCUT2D eigenvalue weighted by atomic mass is 16.4. The Hall–Kier alpha value is -1.92. The van der Waals surface area contributed by atoms with Gasteiger partial charge in [0.05, 0.1) is 0 Å². The summed E-state index contributed by atoms with van der Waals surface area (Å²) in [6.07, 6.45) is 5.96. The molecule has 0 heterocycles. The van der Waals surface area contributed by atoms with Gasteiger partial charge in [-0.2, -0.15) is 0 Å². The highest BCUT2D eigenvalue weighted by Crippen LogP contribution is 2.07. The van der Waals surface area contributed by atoms with E-state index in [-0.39, 0.29) is 25.2 Å². The molecule has 0 radical (unpaired) electrons. The SMILES string of the molecule is NC(=O)CC[C@H](NC(=O)CCCCCCCC=O)C(=O)O. The number of carboxylic acids is 1. The molecule has 21 heavy (non-hydrogen) atoms. The Morgan fingerprint density at radius 3 is 2.24 bits per heavy atom. The summed E-state index contributed by atoms with van der Waals surface area (Å²) in [4.78, 5) is 43.3. The van der Waals surface area contributed by atoms with Gasteiger partial charge < -0.3 is 21.0 Å². The number of nitrogens with two attached hydrogens (primary N) is 1. The van der Waals surface area contributed by atoms with E-state index in [1.165, 1.54) is 0 Å². The molecule has 7 nitrogen and oxygen atoms in total. The molecule has 0 saturated carbocycles. The molecule has 0 aromatic rings. The van der Waals surface area contributed by atoms with E-state index in [9.17, 15) is 19.2 Å². The molecule has 0 spiro atoms. The maximum Gasteiger partial charge on any atom is 0.326 e. The summed E-state index contributed by atoms with van der Waals surface area (Å²) in [6, 6.07) is -1.07. The molecule has 120 valence electrons. The van der Waals surface area contributed by atoms with E-state index < -0.39 is 17.9 Å². The number of hydrogen-bond acceptors (Lipinski definition) is 4. The Bertz CT molecular complexity index is 357. The van der Waals surface area contributed by atoms with Crippen molar-refractivity contribution in [1.82, 2.24) is 5.32 Å². The molecule has 0 saturated heterocycles. The van der Waals surface area contributed by atoms with Gasteiger partial charge in [0.15, 0.2) is 0 Å². The summed E-state index contributed by atoms with van der Waals surface area (Å²) in [5.41, 5.74) is 4.95. The maximum atomic E-state index is 11.6. The fourth-order valence-corrected chi connectivity index (χ4v) is 1.85. The molecule has 1 atom stereocenters. The normalized spacial score (nSPS) is 11.6. The lowest BCUT2D eigenvalue weighted by Crippen LogP contribution is -2.41. The van der Waals surface area contributed by atoms with Gasteiger partial charge in [-0.05, 0) is 19.3 Å². The number of aliphatic carboxylic acids is 1. The third-order valence-corrected chi connectivity index (χ3v) is 3.04. The second-order valence-electron chi connectivity index (χ2n) is 4.94. The number of carbonyl (C=O) groups is 4. The molecular formula is C14H24N2O5. The summed E-state index contributed by atoms with van der Waals surface area (Å²) in [5, 5.41) is 11.3. The second kappa shape index (κ2) is 11.9. The van der Waals surface area contributed by atoms with Gasteiger partial charge in [0.1, 0.15) is 12.3 Å². The van der Waals surface area contributed by atoms with Gasteiger partial charge in [0.25, 0.3) is 0 Å². The predicted octanol–water partition coefficient (Wildman–Crippen LogP) is 0.751. The van der Waals surface area contributed by atoms with Crippen molar-refractivity contribution in [1.29, 1.82) is 0 Å². The first-order valence-electron chi connectivity index (χ1n) is 7.21. The molecule has 4 N–H and O–H groups in total. The van der Waals surface area contributed by atoms with Gasteiger partial charge in [-0.3, -0.25) is 9.59 Å². The van der Waals surface area contributed by atoms with Crippen molar-refractivity contribution in [3.8, 4) is 0 Å². The molecule has 0 aliphatic heterocycles. The van der Waals surface area contributed by atoms with E-state index in [0.29, 0.717) is 12.8 Å². The zero-order valence-corrected chi connectivity index (χ0v) is 12.2. The highest BCUT2D eigenvalue weighted by Gasteiger charge is 2.19. The number of nitrogens with one attached hydrogen (secondary N) is 1. The van der Waals surface area contributed by atoms with Crippen molar-refractivity contribution in [3.05, 3.63) is 0 Å². The number of amides is 2. The molecule has 7 heteroatoms. The fourth-order valence-electron chi connectivity index (χ4n) is 1.85. The Morgan fingerprint density at radius 1 is 1.05 bits per heavy atom. The lowest BCUT2D eigenvalue weighted by molar-refractivity contribution is -0.142. The monoisotopic (exact) mass is 300 g/mol. The number of unbranched alkanes of at least 4 members (excludes halogenated alkanes) is 5. The molecule has 0 aromatic carbocycles. The van der Waals surface area contributed by atoms with E-state index in [2.05, 4.69) is 5.32 Å². The van der Waals surface area contributed by atoms with Gasteiger partial charge >= 0.3 is 5.97 Å². The van der Waals surface area contributed by atoms with Crippen LogP contribution in [0.1, 0.15) is 57.8 Å². The zero-order valence-electron chi connectivity index (χ0n) is 12.2. The quantitative estimate of drug-likeness (QED) is 0.342. The van der Waals surface area contributed by atoms with Crippen LogP contribution in [0, 0.1) is 0 Å². The standard InChI is InChI=1S/C14H24N2O5/c15-12(18)9-8-11(14(20)21)16-13(19)7-5-3-1-2-4-6-10-17/h10-11H,1-9H2,(H2,15,18)(H,16,19)(H,20,21)/t11-/m0/s1. The molecular weight excluding hydrogens is 276 g/mol. The van der Waals surface area contributed by atoms with E-state index >= 15 is 0 Å². The molecule has 0 bridgehead atoms. The van der Waals surface area contributed by atoms with E-state index in [4.69, 9.17) is 10.8 Å². The summed E-state index contributed by atoms with van der Waals surface area (Å²) in [6.45, 7) is 0. The minimum Gasteiger partial charge on any atom is -0.480 e. The first-order chi connectivity index (χ1) is 9.97. The van der Waals surface area contributed by atoms with Gasteiger partial charge in [0, 0.05) is 19.3 Å². The predicted molar refractivity (Wildman–Crippen MR) is 76.4 cm³/mol. The van der Waals surface area contributed by atoms with Crippen molar-refractivity contribution < 1.29 is 24.3 Å². The Kier molecular flexibility index (Phi) is 10.8. The van der Waals surface area contributed by atoms with E-state index in [1.807, 2.05) is 0 Å². The molecule has 2 amide bonds. The summed E-state index contributed by atoms with van der Waals surface area (Å²) < 4.78 is 0. The third kappa shape index (κ3) is 11.6. The Labute approximate surface area is 124 Å². The van der Waals surface area contributed by atoms with Crippen LogP contribution >= 0.6 is 0 Å². The first kappa shape index (κ1) is 19.1. The summed E-state index contributed by atoms with van der Waals surface area (Å²) in [7, 11) is 0. The smallest absolute Gasteiger partial charge is 0.326 e. The van der Waals surface area contributed by atoms with Crippen LogP contribution in [0.15, 0.2) is 0 Å². The van der Waals surface area contributed by atoms with Crippen molar-refractivity contribution in [2.24, 2.45) is 5.73 Å². The minimum atomic E-state index is -1.17. The fraction of sp³-hybridized carbons (Fsp3) is 0.714. The van der Waals surface area contributed by atoms with Crippen molar-refractivity contribution in [2.75, 3.05) is 0 Å². The number of hydrogen-bond donors (Lipinski definition) is 3. The van der Waals surface area contributed by atoms with Crippen molar-refractivity contribution in [2.45, 2.75) is 63.8 Å².